The van der Waals surface area contributed by atoms with Crippen molar-refractivity contribution in [3.8, 4) is 5.75 Å². The summed E-state index contributed by atoms with van der Waals surface area (Å²) in [6.07, 6.45) is 3.63. The van der Waals surface area contributed by atoms with Crippen LogP contribution in [0.5, 0.6) is 5.75 Å². The third-order valence-electron chi connectivity index (χ3n) is 2.88. The monoisotopic (exact) mass is 229 g/mol. The van der Waals surface area contributed by atoms with Gasteiger partial charge in [0.25, 0.3) is 0 Å². The van der Waals surface area contributed by atoms with Crippen molar-refractivity contribution in [2.75, 3.05) is 0 Å². The number of phenolic OH excluding ortho intramolecular Hbond substituents is 1. The summed E-state index contributed by atoms with van der Waals surface area (Å²) in [5.74, 6) is -1.14. The molecule has 82 valence electrons. The molecule has 1 saturated carbocycles. The van der Waals surface area contributed by atoms with Crippen molar-refractivity contribution >= 4 is 11.6 Å². The highest BCUT2D eigenvalue weighted by atomic mass is 35.5. The van der Waals surface area contributed by atoms with Gasteiger partial charge >= 0.3 is 0 Å². The standard InChI is InChI=1S/C11H13ClFNO/c12-8-5-7(6-9(13)10(8)15)1-2-11(14)3-4-11/h5-6,15H,1-4,14H2. The van der Waals surface area contributed by atoms with Gasteiger partial charge in [0.05, 0.1) is 5.02 Å². The third-order valence-corrected chi connectivity index (χ3v) is 3.17. The largest absolute Gasteiger partial charge is 0.504 e. The summed E-state index contributed by atoms with van der Waals surface area (Å²) in [5.41, 5.74) is 6.67. The second-order valence-electron chi connectivity index (χ2n) is 4.27. The lowest BCUT2D eigenvalue weighted by atomic mass is 10.0. The highest BCUT2D eigenvalue weighted by molar-refractivity contribution is 6.32. The van der Waals surface area contributed by atoms with Crippen molar-refractivity contribution in [3.05, 3.63) is 28.5 Å². The molecule has 0 atom stereocenters. The summed E-state index contributed by atoms with van der Waals surface area (Å²) in [6, 6.07) is 2.90. The Kier molecular flexibility index (Phi) is 2.61. The first-order valence-electron chi connectivity index (χ1n) is 4.96. The number of rotatable bonds is 3. The van der Waals surface area contributed by atoms with Gasteiger partial charge in [0.1, 0.15) is 0 Å². The molecular weight excluding hydrogens is 217 g/mol. The molecule has 0 aromatic heterocycles. The van der Waals surface area contributed by atoms with Crippen molar-refractivity contribution in [2.24, 2.45) is 5.73 Å². The minimum Gasteiger partial charge on any atom is -0.504 e. The van der Waals surface area contributed by atoms with Gasteiger partial charge in [-0.05, 0) is 43.4 Å². The number of hydrogen-bond acceptors (Lipinski definition) is 2. The van der Waals surface area contributed by atoms with Crippen LogP contribution in [0.15, 0.2) is 12.1 Å². The number of phenols is 1. The van der Waals surface area contributed by atoms with E-state index in [-0.39, 0.29) is 10.6 Å². The van der Waals surface area contributed by atoms with Crippen LogP contribution in [0.2, 0.25) is 5.02 Å². The van der Waals surface area contributed by atoms with Crippen molar-refractivity contribution < 1.29 is 9.50 Å². The molecule has 0 radical (unpaired) electrons. The summed E-state index contributed by atoms with van der Waals surface area (Å²) >= 11 is 5.66. The molecule has 0 heterocycles. The predicted octanol–water partition coefficient (Wildman–Crippen LogP) is 2.61. The summed E-state index contributed by atoms with van der Waals surface area (Å²) in [4.78, 5) is 0. The fourth-order valence-electron chi connectivity index (χ4n) is 1.57. The maximum Gasteiger partial charge on any atom is 0.170 e. The molecular formula is C11H13ClFNO. The van der Waals surface area contributed by atoms with E-state index in [1.165, 1.54) is 6.07 Å². The Morgan fingerprint density at radius 2 is 2.13 bits per heavy atom. The van der Waals surface area contributed by atoms with Crippen LogP contribution < -0.4 is 5.73 Å². The Labute approximate surface area is 92.9 Å². The van der Waals surface area contributed by atoms with Crippen molar-refractivity contribution in [2.45, 2.75) is 31.2 Å². The Morgan fingerprint density at radius 3 is 2.67 bits per heavy atom. The second kappa shape index (κ2) is 3.65. The number of aryl methyl sites for hydroxylation is 1. The van der Waals surface area contributed by atoms with Crippen LogP contribution in [0.3, 0.4) is 0 Å². The number of nitrogens with two attached hydrogens (primary N) is 1. The number of halogens is 2. The normalized spacial score (nSPS) is 17.8. The lowest BCUT2D eigenvalue weighted by Crippen LogP contribution is -2.22. The van der Waals surface area contributed by atoms with Crippen molar-refractivity contribution in [1.29, 1.82) is 0 Å². The first kappa shape index (κ1) is 10.7. The predicted molar refractivity (Wildman–Crippen MR) is 57.5 cm³/mol. The van der Waals surface area contributed by atoms with Crippen LogP contribution in [-0.2, 0) is 6.42 Å². The molecule has 0 unspecified atom stereocenters. The summed E-state index contributed by atoms with van der Waals surface area (Å²) < 4.78 is 13.1. The molecule has 0 bridgehead atoms. The Hall–Kier alpha value is -0.800. The lowest BCUT2D eigenvalue weighted by Gasteiger charge is -2.09. The van der Waals surface area contributed by atoms with Gasteiger partial charge in [0, 0.05) is 5.54 Å². The molecule has 0 spiro atoms. The topological polar surface area (TPSA) is 46.2 Å². The van der Waals surface area contributed by atoms with Gasteiger partial charge in [-0.3, -0.25) is 0 Å². The van der Waals surface area contributed by atoms with Gasteiger partial charge in [-0.2, -0.15) is 0 Å². The molecule has 0 amide bonds. The van der Waals surface area contributed by atoms with Gasteiger partial charge < -0.3 is 10.8 Å². The first-order valence-corrected chi connectivity index (χ1v) is 5.34. The molecule has 1 aromatic carbocycles. The van der Waals surface area contributed by atoms with E-state index in [9.17, 15) is 4.39 Å². The maximum absolute atomic E-state index is 13.1. The summed E-state index contributed by atoms with van der Waals surface area (Å²) in [5, 5.41) is 9.20. The van der Waals surface area contributed by atoms with E-state index in [1.54, 1.807) is 6.07 Å². The molecule has 1 aliphatic rings. The van der Waals surface area contributed by atoms with E-state index in [4.69, 9.17) is 22.4 Å². The molecule has 4 heteroatoms. The maximum atomic E-state index is 13.1. The van der Waals surface area contributed by atoms with Gasteiger partial charge in [0.2, 0.25) is 0 Å². The minimum atomic E-state index is -0.667. The Morgan fingerprint density at radius 1 is 1.47 bits per heavy atom. The fraction of sp³-hybridized carbons (Fsp3) is 0.455. The average molecular weight is 230 g/mol. The van der Waals surface area contributed by atoms with E-state index in [2.05, 4.69) is 0 Å². The Bertz CT molecular complexity index is 367. The molecule has 2 nitrogen and oxygen atoms in total. The summed E-state index contributed by atoms with van der Waals surface area (Å²) in [6.45, 7) is 0. The van der Waals surface area contributed by atoms with E-state index in [1.807, 2.05) is 0 Å². The molecule has 0 saturated heterocycles. The summed E-state index contributed by atoms with van der Waals surface area (Å²) in [7, 11) is 0. The number of aromatic hydroxyl groups is 1. The van der Waals surface area contributed by atoms with E-state index in [0.717, 1.165) is 24.8 Å². The third kappa shape index (κ3) is 2.41. The Balaban J connectivity index is 2.08. The zero-order chi connectivity index (χ0) is 11.1. The van der Waals surface area contributed by atoms with E-state index < -0.39 is 11.6 Å². The highest BCUT2D eigenvalue weighted by Gasteiger charge is 2.37. The zero-order valence-corrected chi connectivity index (χ0v) is 9.02. The van der Waals surface area contributed by atoms with Gasteiger partial charge in [-0.15, -0.1) is 0 Å². The van der Waals surface area contributed by atoms with Crippen LogP contribution in [0.4, 0.5) is 4.39 Å². The fourth-order valence-corrected chi connectivity index (χ4v) is 1.80. The van der Waals surface area contributed by atoms with Crippen LogP contribution >= 0.6 is 11.6 Å². The molecule has 15 heavy (non-hydrogen) atoms. The second-order valence-corrected chi connectivity index (χ2v) is 4.68. The smallest absolute Gasteiger partial charge is 0.170 e. The van der Waals surface area contributed by atoms with Crippen LogP contribution in [0.25, 0.3) is 0 Å². The zero-order valence-electron chi connectivity index (χ0n) is 8.26. The minimum absolute atomic E-state index is 0.0408. The van der Waals surface area contributed by atoms with Crippen LogP contribution in [0.1, 0.15) is 24.8 Å². The molecule has 1 aliphatic carbocycles. The quantitative estimate of drug-likeness (QED) is 0.837. The number of benzene rings is 1. The van der Waals surface area contributed by atoms with Crippen LogP contribution in [-0.4, -0.2) is 10.6 Å². The van der Waals surface area contributed by atoms with Crippen molar-refractivity contribution in [1.82, 2.24) is 0 Å². The van der Waals surface area contributed by atoms with Crippen LogP contribution in [0, 0.1) is 5.82 Å². The molecule has 3 N–H and O–H groups in total. The highest BCUT2D eigenvalue weighted by Crippen LogP contribution is 2.37. The van der Waals surface area contributed by atoms with E-state index >= 15 is 0 Å². The lowest BCUT2D eigenvalue weighted by molar-refractivity contribution is 0.432. The molecule has 1 aromatic rings. The number of hydrogen-bond donors (Lipinski definition) is 2. The average Bonchev–Trinajstić information content (AvgIpc) is 2.90. The van der Waals surface area contributed by atoms with E-state index in [0.29, 0.717) is 6.42 Å². The molecule has 1 fully saturated rings. The molecule has 2 rings (SSSR count). The van der Waals surface area contributed by atoms with Gasteiger partial charge in [0.15, 0.2) is 11.6 Å². The first-order chi connectivity index (χ1) is 7.00. The van der Waals surface area contributed by atoms with Gasteiger partial charge in [-0.1, -0.05) is 11.6 Å². The molecule has 0 aliphatic heterocycles. The van der Waals surface area contributed by atoms with Crippen molar-refractivity contribution in [3.63, 3.8) is 0 Å². The van der Waals surface area contributed by atoms with Gasteiger partial charge in [-0.25, -0.2) is 4.39 Å². The SMILES string of the molecule is NC1(CCc2cc(F)c(O)c(Cl)c2)CC1.